The lowest BCUT2D eigenvalue weighted by Gasteiger charge is -2.23. The number of alkyl halides is 3. The maximum atomic E-state index is 13.0. The highest BCUT2D eigenvalue weighted by molar-refractivity contribution is 6.31. The molecule has 2 aromatic carbocycles. The summed E-state index contributed by atoms with van der Waals surface area (Å²) >= 11 is 0. The smallest absolute Gasteiger partial charge is 0.265 e. The number of hydrazone groups is 1. The third kappa shape index (κ3) is 3.37. The van der Waals surface area contributed by atoms with Crippen LogP contribution in [0.5, 0.6) is 0 Å². The van der Waals surface area contributed by atoms with Crippen LogP contribution in [0.4, 0.5) is 13.2 Å². The van der Waals surface area contributed by atoms with E-state index < -0.39 is 11.7 Å². The van der Waals surface area contributed by atoms with Crippen LogP contribution in [0, 0.1) is 0 Å². The van der Waals surface area contributed by atoms with Crippen molar-refractivity contribution in [3.05, 3.63) is 77.4 Å². The van der Waals surface area contributed by atoms with Gasteiger partial charge in [0, 0.05) is 11.1 Å². The van der Waals surface area contributed by atoms with E-state index in [1.807, 2.05) is 36.4 Å². The van der Waals surface area contributed by atoms with Crippen molar-refractivity contribution in [3.63, 3.8) is 0 Å². The molecule has 134 valence electrons. The SMILES string of the molecule is Cl.FC(F)(F)c1cccc(C2=NN3CCN=C3C(c3ccccc3)=C2)c1. The summed E-state index contributed by atoms with van der Waals surface area (Å²) in [5, 5.41) is 6.25. The summed E-state index contributed by atoms with van der Waals surface area (Å²) in [6.07, 6.45) is -2.57. The van der Waals surface area contributed by atoms with Crippen LogP contribution in [0.25, 0.3) is 5.57 Å². The molecule has 0 aliphatic carbocycles. The second-order valence-corrected chi connectivity index (χ2v) is 5.82. The lowest BCUT2D eigenvalue weighted by Crippen LogP contribution is -2.28. The summed E-state index contributed by atoms with van der Waals surface area (Å²) in [6.45, 7) is 1.25. The Kier molecular flexibility index (Phi) is 4.87. The van der Waals surface area contributed by atoms with Crippen LogP contribution in [0.2, 0.25) is 0 Å². The monoisotopic (exact) mass is 377 g/mol. The number of benzene rings is 2. The van der Waals surface area contributed by atoms with E-state index in [-0.39, 0.29) is 12.4 Å². The molecule has 0 bridgehead atoms. The molecular formula is C19H15ClF3N3. The third-order valence-electron chi connectivity index (χ3n) is 4.14. The Morgan fingerprint density at radius 2 is 1.65 bits per heavy atom. The van der Waals surface area contributed by atoms with Crippen molar-refractivity contribution in [3.8, 4) is 0 Å². The van der Waals surface area contributed by atoms with Crippen LogP contribution in [0.15, 0.2) is 70.8 Å². The highest BCUT2D eigenvalue weighted by Gasteiger charge is 2.31. The molecule has 26 heavy (non-hydrogen) atoms. The van der Waals surface area contributed by atoms with Gasteiger partial charge in [0.2, 0.25) is 0 Å². The highest BCUT2D eigenvalue weighted by atomic mass is 35.5. The molecule has 0 amide bonds. The molecule has 0 saturated carbocycles. The average Bonchev–Trinajstić information content (AvgIpc) is 3.09. The van der Waals surface area contributed by atoms with Crippen molar-refractivity contribution in [1.82, 2.24) is 5.01 Å². The van der Waals surface area contributed by atoms with Crippen LogP contribution < -0.4 is 0 Å². The zero-order valence-electron chi connectivity index (χ0n) is 13.6. The number of hydrogen-bond donors (Lipinski definition) is 0. The fourth-order valence-corrected chi connectivity index (χ4v) is 2.95. The van der Waals surface area contributed by atoms with Crippen LogP contribution in [-0.4, -0.2) is 29.6 Å². The van der Waals surface area contributed by atoms with E-state index in [9.17, 15) is 13.2 Å². The fraction of sp³-hybridized carbons (Fsp3) is 0.158. The first-order valence-corrected chi connectivity index (χ1v) is 7.88. The zero-order valence-corrected chi connectivity index (χ0v) is 14.4. The molecule has 2 aliphatic heterocycles. The fourth-order valence-electron chi connectivity index (χ4n) is 2.95. The van der Waals surface area contributed by atoms with Gasteiger partial charge in [-0.3, -0.25) is 4.99 Å². The van der Waals surface area contributed by atoms with Crippen molar-refractivity contribution in [1.29, 1.82) is 0 Å². The topological polar surface area (TPSA) is 28.0 Å². The van der Waals surface area contributed by atoms with Crippen molar-refractivity contribution < 1.29 is 13.2 Å². The molecule has 0 saturated heterocycles. The van der Waals surface area contributed by atoms with Crippen molar-refractivity contribution >= 4 is 29.5 Å². The van der Waals surface area contributed by atoms with Gasteiger partial charge < -0.3 is 0 Å². The lowest BCUT2D eigenvalue weighted by molar-refractivity contribution is -0.137. The Morgan fingerprint density at radius 3 is 2.38 bits per heavy atom. The largest absolute Gasteiger partial charge is 0.416 e. The van der Waals surface area contributed by atoms with Gasteiger partial charge in [-0.25, -0.2) is 5.01 Å². The number of hydrogen-bond acceptors (Lipinski definition) is 3. The first-order valence-electron chi connectivity index (χ1n) is 7.88. The van der Waals surface area contributed by atoms with Gasteiger partial charge in [0.1, 0.15) is 0 Å². The van der Waals surface area contributed by atoms with Crippen molar-refractivity contribution in [2.24, 2.45) is 10.1 Å². The van der Waals surface area contributed by atoms with Crippen LogP contribution in [-0.2, 0) is 6.18 Å². The summed E-state index contributed by atoms with van der Waals surface area (Å²) in [5.74, 6) is 0.766. The predicted octanol–water partition coefficient (Wildman–Crippen LogP) is 4.64. The van der Waals surface area contributed by atoms with Gasteiger partial charge in [0.15, 0.2) is 5.84 Å². The Labute approximate surface area is 155 Å². The van der Waals surface area contributed by atoms with Gasteiger partial charge in [-0.05, 0) is 23.8 Å². The van der Waals surface area contributed by atoms with Gasteiger partial charge in [0.25, 0.3) is 0 Å². The normalized spacial score (nSPS) is 16.3. The standard InChI is InChI=1S/C19H14F3N3.ClH/c20-19(21,22)15-8-4-7-14(11-15)17-12-16(13-5-2-1-3-6-13)18-23-9-10-25(18)24-17;/h1-8,11-12H,9-10H2;1H. The van der Waals surface area contributed by atoms with Crippen molar-refractivity contribution in [2.75, 3.05) is 13.1 Å². The molecule has 2 heterocycles. The Morgan fingerprint density at radius 1 is 0.923 bits per heavy atom. The molecule has 0 spiro atoms. The number of halogens is 4. The van der Waals surface area contributed by atoms with Gasteiger partial charge in [0.05, 0.1) is 24.4 Å². The number of fused-ring (bicyclic) bond motifs is 1. The van der Waals surface area contributed by atoms with E-state index in [4.69, 9.17) is 0 Å². The van der Waals surface area contributed by atoms with Gasteiger partial charge in [-0.15, -0.1) is 12.4 Å². The van der Waals surface area contributed by atoms with Crippen LogP contribution in [0.1, 0.15) is 16.7 Å². The van der Waals surface area contributed by atoms with E-state index in [0.29, 0.717) is 24.4 Å². The van der Waals surface area contributed by atoms with Gasteiger partial charge >= 0.3 is 6.18 Å². The molecule has 4 rings (SSSR count). The summed E-state index contributed by atoms with van der Waals surface area (Å²) < 4.78 is 39.0. The van der Waals surface area contributed by atoms with E-state index in [0.717, 1.165) is 29.1 Å². The maximum absolute atomic E-state index is 13.0. The Bertz CT molecular complexity index is 902. The maximum Gasteiger partial charge on any atom is 0.416 e. The van der Waals surface area contributed by atoms with Crippen LogP contribution >= 0.6 is 12.4 Å². The van der Waals surface area contributed by atoms with E-state index >= 15 is 0 Å². The number of allylic oxidation sites excluding steroid dienone is 1. The summed E-state index contributed by atoms with van der Waals surface area (Å²) in [5.41, 5.74) is 2.11. The van der Waals surface area contributed by atoms with E-state index in [1.165, 1.54) is 6.07 Å². The van der Waals surface area contributed by atoms with Gasteiger partial charge in [-0.2, -0.15) is 18.3 Å². The van der Waals surface area contributed by atoms with Gasteiger partial charge in [-0.1, -0.05) is 42.5 Å². The quantitative estimate of drug-likeness (QED) is 0.749. The molecule has 0 radical (unpaired) electrons. The lowest BCUT2D eigenvalue weighted by atomic mass is 9.98. The van der Waals surface area contributed by atoms with E-state index in [2.05, 4.69) is 10.1 Å². The third-order valence-corrected chi connectivity index (χ3v) is 4.14. The minimum atomic E-state index is -4.38. The van der Waals surface area contributed by atoms with E-state index in [1.54, 1.807) is 11.1 Å². The molecular weight excluding hydrogens is 363 g/mol. The predicted molar refractivity (Wildman–Crippen MR) is 98.7 cm³/mol. The summed E-state index contributed by atoms with van der Waals surface area (Å²) in [7, 11) is 0. The number of amidine groups is 1. The molecule has 0 unspecified atom stereocenters. The molecule has 2 aliphatic rings. The minimum Gasteiger partial charge on any atom is -0.265 e. The Balaban J connectivity index is 0.00000196. The molecule has 2 aromatic rings. The van der Waals surface area contributed by atoms with Crippen molar-refractivity contribution in [2.45, 2.75) is 6.18 Å². The number of aliphatic imine (C=N–C) groups is 1. The highest BCUT2D eigenvalue weighted by Crippen LogP contribution is 2.31. The Hall–Kier alpha value is -2.60. The summed E-state index contributed by atoms with van der Waals surface area (Å²) in [4.78, 5) is 4.49. The zero-order chi connectivity index (χ0) is 17.4. The average molecular weight is 378 g/mol. The first kappa shape index (κ1) is 18.2. The molecule has 0 aromatic heterocycles. The first-order chi connectivity index (χ1) is 12.0. The molecule has 0 fully saturated rings. The number of rotatable bonds is 2. The van der Waals surface area contributed by atoms with Crippen LogP contribution in [0.3, 0.4) is 0 Å². The number of nitrogens with zero attached hydrogens (tertiary/aromatic N) is 3. The molecule has 3 nitrogen and oxygen atoms in total. The second kappa shape index (κ2) is 6.96. The molecule has 0 atom stereocenters. The minimum absolute atomic E-state index is 0. The second-order valence-electron chi connectivity index (χ2n) is 5.82. The molecule has 0 N–H and O–H groups in total. The summed E-state index contributed by atoms with van der Waals surface area (Å²) in [6, 6.07) is 14.9. The molecule has 7 heteroatoms.